The first-order valence-corrected chi connectivity index (χ1v) is 3.21. The van der Waals surface area contributed by atoms with Crippen molar-refractivity contribution in [2.45, 2.75) is 18.9 Å². The normalized spacial score (nSPS) is 22.3. The predicted octanol–water partition coefficient (Wildman–Crippen LogP) is -0.737. The molecule has 0 heterocycles. The first-order valence-electron chi connectivity index (χ1n) is 3.21. The van der Waals surface area contributed by atoms with Crippen LogP contribution < -0.4 is 5.73 Å². The Morgan fingerprint density at radius 1 is 1.27 bits per heavy atom. The highest BCUT2D eigenvalue weighted by atomic mass is 16.4. The molecule has 0 aromatic rings. The zero-order valence-corrected chi connectivity index (χ0v) is 5.78. The van der Waals surface area contributed by atoms with Gasteiger partial charge in [0.15, 0.2) is 5.41 Å². The van der Waals surface area contributed by atoms with Gasteiger partial charge >= 0.3 is 11.9 Å². The van der Waals surface area contributed by atoms with Crippen LogP contribution in [0.3, 0.4) is 0 Å². The van der Waals surface area contributed by atoms with Crippen LogP contribution in [-0.4, -0.2) is 28.2 Å². The third-order valence-electron chi connectivity index (χ3n) is 2.04. The first-order chi connectivity index (χ1) is 4.99. The van der Waals surface area contributed by atoms with Crippen molar-refractivity contribution in [3.05, 3.63) is 0 Å². The minimum Gasteiger partial charge on any atom is -0.480 e. The Balaban J connectivity index is 2.77. The van der Waals surface area contributed by atoms with Crippen molar-refractivity contribution >= 4 is 11.9 Å². The molecule has 0 atom stereocenters. The molecular weight excluding hydrogens is 150 g/mol. The molecular formula is C6H9NO4. The Kier molecular flexibility index (Phi) is 1.60. The molecule has 0 unspecified atom stereocenters. The van der Waals surface area contributed by atoms with Gasteiger partial charge in [0, 0.05) is 6.04 Å². The average molecular weight is 159 g/mol. The van der Waals surface area contributed by atoms with Crippen molar-refractivity contribution in [3.63, 3.8) is 0 Å². The molecule has 11 heavy (non-hydrogen) atoms. The van der Waals surface area contributed by atoms with Crippen LogP contribution in [-0.2, 0) is 9.59 Å². The Bertz CT molecular complexity index is 191. The van der Waals surface area contributed by atoms with Gasteiger partial charge in [0.1, 0.15) is 0 Å². The molecule has 5 nitrogen and oxygen atoms in total. The standard InChI is InChI=1S/C6H9NO4/c7-3-1-6(2-3,4(8)9)5(10)11/h3H,1-2,7H2,(H,8,9)(H,10,11). The van der Waals surface area contributed by atoms with Gasteiger partial charge in [-0.05, 0) is 12.8 Å². The van der Waals surface area contributed by atoms with Crippen LogP contribution in [0.25, 0.3) is 0 Å². The number of carboxylic acid groups (broad SMARTS) is 2. The minimum absolute atomic E-state index is 0.0394. The summed E-state index contributed by atoms with van der Waals surface area (Å²) in [5.41, 5.74) is 3.71. The average Bonchev–Trinajstić information content (AvgIpc) is 1.78. The number of hydrogen-bond donors (Lipinski definition) is 3. The third kappa shape index (κ3) is 0.970. The fraction of sp³-hybridized carbons (Fsp3) is 0.667. The van der Waals surface area contributed by atoms with Gasteiger partial charge in [0.05, 0.1) is 0 Å². The van der Waals surface area contributed by atoms with Gasteiger partial charge in [0.25, 0.3) is 0 Å². The lowest BCUT2D eigenvalue weighted by Crippen LogP contribution is -2.55. The monoisotopic (exact) mass is 159 g/mol. The highest BCUT2D eigenvalue weighted by Gasteiger charge is 2.55. The fourth-order valence-electron chi connectivity index (χ4n) is 1.28. The third-order valence-corrected chi connectivity index (χ3v) is 2.04. The number of hydrogen-bond acceptors (Lipinski definition) is 3. The van der Waals surface area contributed by atoms with E-state index in [1.807, 2.05) is 0 Å². The summed E-state index contributed by atoms with van der Waals surface area (Å²) in [7, 11) is 0. The van der Waals surface area contributed by atoms with Gasteiger partial charge in [-0.25, -0.2) is 0 Å². The van der Waals surface area contributed by atoms with Gasteiger partial charge in [-0.3, -0.25) is 9.59 Å². The fourth-order valence-corrected chi connectivity index (χ4v) is 1.28. The van der Waals surface area contributed by atoms with Crippen LogP contribution >= 0.6 is 0 Å². The lowest BCUT2D eigenvalue weighted by atomic mass is 9.66. The molecule has 0 radical (unpaired) electrons. The van der Waals surface area contributed by atoms with E-state index in [1.165, 1.54) is 0 Å². The lowest BCUT2D eigenvalue weighted by molar-refractivity contribution is -0.172. The second-order valence-corrected chi connectivity index (χ2v) is 2.86. The van der Waals surface area contributed by atoms with E-state index in [1.54, 1.807) is 0 Å². The quantitative estimate of drug-likeness (QED) is 0.461. The van der Waals surface area contributed by atoms with E-state index in [2.05, 4.69) is 0 Å². The van der Waals surface area contributed by atoms with Gasteiger partial charge in [-0.15, -0.1) is 0 Å². The summed E-state index contributed by atoms with van der Waals surface area (Å²) in [5, 5.41) is 17.1. The Labute approximate surface area is 62.8 Å². The predicted molar refractivity (Wildman–Crippen MR) is 34.9 cm³/mol. The van der Waals surface area contributed by atoms with Gasteiger partial charge < -0.3 is 15.9 Å². The van der Waals surface area contributed by atoms with Crippen LogP contribution in [0.4, 0.5) is 0 Å². The lowest BCUT2D eigenvalue weighted by Gasteiger charge is -2.38. The maximum Gasteiger partial charge on any atom is 0.321 e. The molecule has 0 saturated heterocycles. The SMILES string of the molecule is NC1CC(C(=O)O)(C(=O)O)C1. The van der Waals surface area contributed by atoms with Crippen LogP contribution in [0.1, 0.15) is 12.8 Å². The second kappa shape index (κ2) is 2.20. The zero-order valence-electron chi connectivity index (χ0n) is 5.78. The van der Waals surface area contributed by atoms with Crippen molar-refractivity contribution < 1.29 is 19.8 Å². The van der Waals surface area contributed by atoms with E-state index in [0.717, 1.165) is 0 Å². The van der Waals surface area contributed by atoms with Crippen molar-refractivity contribution in [1.82, 2.24) is 0 Å². The molecule has 4 N–H and O–H groups in total. The van der Waals surface area contributed by atoms with Crippen molar-refractivity contribution in [1.29, 1.82) is 0 Å². The van der Waals surface area contributed by atoms with Crippen LogP contribution in [0.2, 0.25) is 0 Å². The van der Waals surface area contributed by atoms with Crippen molar-refractivity contribution in [2.75, 3.05) is 0 Å². The molecule has 1 saturated carbocycles. The molecule has 0 bridgehead atoms. The molecule has 1 fully saturated rings. The zero-order chi connectivity index (χ0) is 8.65. The van der Waals surface area contributed by atoms with E-state index in [0.29, 0.717) is 0 Å². The summed E-state index contributed by atoms with van der Waals surface area (Å²) in [6.07, 6.45) is 0.0787. The molecule has 1 aliphatic carbocycles. The van der Waals surface area contributed by atoms with Gasteiger partial charge in [-0.1, -0.05) is 0 Å². The smallest absolute Gasteiger partial charge is 0.321 e. The van der Waals surface area contributed by atoms with E-state index >= 15 is 0 Å². The molecule has 0 aliphatic heterocycles. The number of rotatable bonds is 2. The largest absolute Gasteiger partial charge is 0.480 e. The Morgan fingerprint density at radius 3 is 1.73 bits per heavy atom. The molecule has 0 amide bonds. The van der Waals surface area contributed by atoms with E-state index in [-0.39, 0.29) is 18.9 Å². The molecule has 1 rings (SSSR count). The summed E-state index contributed by atoms with van der Waals surface area (Å²) in [6.45, 7) is 0. The van der Waals surface area contributed by atoms with Crippen LogP contribution in [0.15, 0.2) is 0 Å². The number of nitrogens with two attached hydrogens (primary N) is 1. The summed E-state index contributed by atoms with van der Waals surface area (Å²) in [6, 6.07) is -0.276. The maximum atomic E-state index is 10.5. The van der Waals surface area contributed by atoms with E-state index < -0.39 is 17.4 Å². The molecule has 1 aliphatic rings. The van der Waals surface area contributed by atoms with Crippen molar-refractivity contribution in [2.24, 2.45) is 11.1 Å². The number of carboxylic acids is 2. The molecule has 5 heteroatoms. The molecule has 62 valence electrons. The van der Waals surface area contributed by atoms with Gasteiger partial charge in [-0.2, -0.15) is 0 Å². The van der Waals surface area contributed by atoms with E-state index in [4.69, 9.17) is 15.9 Å². The second-order valence-electron chi connectivity index (χ2n) is 2.86. The number of aliphatic carboxylic acids is 2. The van der Waals surface area contributed by atoms with Crippen molar-refractivity contribution in [3.8, 4) is 0 Å². The first kappa shape index (κ1) is 8.00. The maximum absolute atomic E-state index is 10.5. The topological polar surface area (TPSA) is 101 Å². The molecule has 0 aromatic carbocycles. The summed E-state index contributed by atoms with van der Waals surface area (Å²) in [5.74, 6) is -2.57. The van der Waals surface area contributed by atoms with E-state index in [9.17, 15) is 9.59 Å². The summed E-state index contributed by atoms with van der Waals surface area (Å²) >= 11 is 0. The number of carbonyl (C=O) groups is 2. The summed E-state index contributed by atoms with van der Waals surface area (Å²) in [4.78, 5) is 20.9. The van der Waals surface area contributed by atoms with Gasteiger partial charge in [0.2, 0.25) is 0 Å². The molecule has 0 spiro atoms. The van der Waals surface area contributed by atoms with Crippen LogP contribution in [0, 0.1) is 5.41 Å². The highest BCUT2D eigenvalue weighted by Crippen LogP contribution is 2.40. The Morgan fingerprint density at radius 2 is 1.64 bits per heavy atom. The summed E-state index contributed by atoms with van der Waals surface area (Å²) < 4.78 is 0. The minimum atomic E-state index is -1.60. The van der Waals surface area contributed by atoms with Crippen LogP contribution in [0.5, 0.6) is 0 Å². The Hall–Kier alpha value is -1.10. The molecule has 0 aromatic heterocycles. The highest BCUT2D eigenvalue weighted by molar-refractivity contribution is 5.99.